The second-order valence-electron chi connectivity index (χ2n) is 5.58. The van der Waals surface area contributed by atoms with Gasteiger partial charge in [0.05, 0.1) is 0 Å². The predicted octanol–water partition coefficient (Wildman–Crippen LogP) is 4.06. The van der Waals surface area contributed by atoms with Crippen molar-refractivity contribution in [3.05, 3.63) is 35.4 Å². The molecule has 0 radical (unpaired) electrons. The molecule has 1 aromatic carbocycles. The topological polar surface area (TPSA) is 12.0 Å². The highest BCUT2D eigenvalue weighted by Crippen LogP contribution is 2.40. The molecule has 0 bridgehead atoms. The van der Waals surface area contributed by atoms with E-state index in [9.17, 15) is 0 Å². The van der Waals surface area contributed by atoms with Crippen molar-refractivity contribution in [1.29, 1.82) is 0 Å². The third kappa shape index (κ3) is 2.90. The third-order valence-corrected chi connectivity index (χ3v) is 4.27. The van der Waals surface area contributed by atoms with Crippen LogP contribution in [0.25, 0.3) is 0 Å². The first kappa shape index (κ1) is 12.6. The lowest BCUT2D eigenvalue weighted by Crippen LogP contribution is -2.23. The summed E-state index contributed by atoms with van der Waals surface area (Å²) >= 11 is 0. The Morgan fingerprint density at radius 2 is 1.94 bits per heavy atom. The molecule has 0 spiro atoms. The Labute approximate surface area is 106 Å². The molecule has 17 heavy (non-hydrogen) atoms. The van der Waals surface area contributed by atoms with Gasteiger partial charge in [-0.2, -0.15) is 0 Å². The summed E-state index contributed by atoms with van der Waals surface area (Å²) < 4.78 is 0. The van der Waals surface area contributed by atoms with Crippen LogP contribution >= 0.6 is 0 Å². The van der Waals surface area contributed by atoms with Gasteiger partial charge in [0.25, 0.3) is 0 Å². The van der Waals surface area contributed by atoms with Crippen LogP contribution in [-0.4, -0.2) is 13.1 Å². The first-order chi connectivity index (χ1) is 8.22. The van der Waals surface area contributed by atoms with Gasteiger partial charge in [-0.15, -0.1) is 0 Å². The molecule has 1 aromatic rings. The normalized spacial score (nSPS) is 19.7. The van der Waals surface area contributed by atoms with Crippen molar-refractivity contribution in [3.63, 3.8) is 0 Å². The minimum absolute atomic E-state index is 0.597. The molecule has 2 atom stereocenters. The van der Waals surface area contributed by atoms with Crippen LogP contribution in [0.4, 0.5) is 0 Å². The number of benzene rings is 1. The van der Waals surface area contributed by atoms with Crippen LogP contribution in [0.3, 0.4) is 0 Å². The van der Waals surface area contributed by atoms with Crippen molar-refractivity contribution in [2.24, 2.45) is 0 Å². The minimum atomic E-state index is 0.597. The highest BCUT2D eigenvalue weighted by Gasteiger charge is 2.23. The first-order valence-corrected chi connectivity index (χ1v) is 6.98. The standard InChI is InChI=1S/C16H25N/c1-12(11-13(2)17-3)15-9-4-5-10-16(15)14-7-6-8-14/h4-5,9-10,12-14,17H,6-8,11H2,1-3H3. The number of rotatable bonds is 5. The van der Waals surface area contributed by atoms with Gasteiger partial charge in [0.2, 0.25) is 0 Å². The molecule has 1 N–H and O–H groups in total. The quantitative estimate of drug-likeness (QED) is 0.806. The van der Waals surface area contributed by atoms with Crippen LogP contribution in [0.2, 0.25) is 0 Å². The molecule has 1 aliphatic carbocycles. The molecule has 0 aliphatic heterocycles. The van der Waals surface area contributed by atoms with E-state index in [2.05, 4.69) is 50.5 Å². The second kappa shape index (κ2) is 5.68. The summed E-state index contributed by atoms with van der Waals surface area (Å²) in [7, 11) is 2.05. The van der Waals surface area contributed by atoms with E-state index in [1.54, 1.807) is 11.1 Å². The molecule has 1 heteroatoms. The van der Waals surface area contributed by atoms with E-state index in [1.165, 1.54) is 25.7 Å². The molecular formula is C16H25N. The van der Waals surface area contributed by atoms with Gasteiger partial charge in [0, 0.05) is 6.04 Å². The lowest BCUT2D eigenvalue weighted by atomic mass is 9.75. The lowest BCUT2D eigenvalue weighted by molar-refractivity contribution is 0.413. The van der Waals surface area contributed by atoms with Gasteiger partial charge in [0.1, 0.15) is 0 Å². The van der Waals surface area contributed by atoms with Crippen molar-refractivity contribution < 1.29 is 0 Å². The zero-order valence-corrected chi connectivity index (χ0v) is 11.4. The summed E-state index contributed by atoms with van der Waals surface area (Å²) in [6.45, 7) is 4.63. The number of nitrogens with one attached hydrogen (secondary N) is 1. The first-order valence-electron chi connectivity index (χ1n) is 6.98. The van der Waals surface area contributed by atoms with Crippen LogP contribution in [0.1, 0.15) is 62.5 Å². The van der Waals surface area contributed by atoms with Crippen molar-refractivity contribution in [2.45, 2.75) is 57.4 Å². The van der Waals surface area contributed by atoms with E-state index in [0.29, 0.717) is 12.0 Å². The van der Waals surface area contributed by atoms with Crippen LogP contribution < -0.4 is 5.32 Å². The van der Waals surface area contributed by atoms with Crippen LogP contribution in [0.15, 0.2) is 24.3 Å². The van der Waals surface area contributed by atoms with Crippen molar-refractivity contribution >= 4 is 0 Å². The smallest absolute Gasteiger partial charge is 0.00414 e. The predicted molar refractivity (Wildman–Crippen MR) is 74.6 cm³/mol. The van der Waals surface area contributed by atoms with Gasteiger partial charge in [0.15, 0.2) is 0 Å². The average Bonchev–Trinajstić information content (AvgIpc) is 2.27. The largest absolute Gasteiger partial charge is 0.317 e. The Morgan fingerprint density at radius 1 is 1.24 bits per heavy atom. The van der Waals surface area contributed by atoms with Gasteiger partial charge in [-0.3, -0.25) is 0 Å². The summed E-state index contributed by atoms with van der Waals surface area (Å²) in [6.07, 6.45) is 5.43. The molecule has 0 saturated heterocycles. The maximum Gasteiger partial charge on any atom is 0.00414 e. The Kier molecular flexibility index (Phi) is 4.22. The van der Waals surface area contributed by atoms with Crippen molar-refractivity contribution in [3.8, 4) is 0 Å². The van der Waals surface area contributed by atoms with Crippen LogP contribution in [0, 0.1) is 0 Å². The summed E-state index contributed by atoms with van der Waals surface area (Å²) in [6, 6.07) is 9.67. The second-order valence-corrected chi connectivity index (χ2v) is 5.58. The minimum Gasteiger partial charge on any atom is -0.317 e. The summed E-state index contributed by atoms with van der Waals surface area (Å²) in [5, 5.41) is 3.34. The summed E-state index contributed by atoms with van der Waals surface area (Å²) in [5.41, 5.74) is 3.20. The SMILES string of the molecule is CNC(C)CC(C)c1ccccc1C1CCC1. The fourth-order valence-electron chi connectivity index (χ4n) is 2.83. The van der Waals surface area contributed by atoms with Crippen molar-refractivity contribution in [1.82, 2.24) is 5.32 Å². The lowest BCUT2D eigenvalue weighted by Gasteiger charge is -2.30. The monoisotopic (exact) mass is 231 g/mol. The van der Waals surface area contributed by atoms with E-state index >= 15 is 0 Å². The van der Waals surface area contributed by atoms with E-state index in [4.69, 9.17) is 0 Å². The highest BCUT2D eigenvalue weighted by molar-refractivity contribution is 5.34. The number of hydrogen-bond acceptors (Lipinski definition) is 1. The van der Waals surface area contributed by atoms with E-state index < -0.39 is 0 Å². The molecule has 1 fully saturated rings. The Balaban J connectivity index is 2.13. The maximum absolute atomic E-state index is 3.34. The molecule has 2 rings (SSSR count). The Hall–Kier alpha value is -0.820. The molecule has 1 saturated carbocycles. The van der Waals surface area contributed by atoms with Gasteiger partial charge >= 0.3 is 0 Å². The van der Waals surface area contributed by atoms with E-state index in [1.807, 2.05) is 0 Å². The highest BCUT2D eigenvalue weighted by atomic mass is 14.8. The zero-order chi connectivity index (χ0) is 12.3. The molecule has 1 aliphatic rings. The molecule has 0 amide bonds. The molecule has 94 valence electrons. The third-order valence-electron chi connectivity index (χ3n) is 4.27. The summed E-state index contributed by atoms with van der Waals surface area (Å²) in [5.74, 6) is 1.51. The summed E-state index contributed by atoms with van der Waals surface area (Å²) in [4.78, 5) is 0. The number of hydrogen-bond donors (Lipinski definition) is 1. The van der Waals surface area contributed by atoms with Crippen molar-refractivity contribution in [2.75, 3.05) is 7.05 Å². The molecule has 0 heterocycles. The van der Waals surface area contributed by atoms with Crippen LogP contribution in [-0.2, 0) is 0 Å². The Bertz CT molecular complexity index is 354. The fourth-order valence-corrected chi connectivity index (χ4v) is 2.83. The van der Waals surface area contributed by atoms with Gasteiger partial charge in [-0.05, 0) is 56.2 Å². The molecular weight excluding hydrogens is 206 g/mol. The molecule has 0 aromatic heterocycles. The van der Waals surface area contributed by atoms with Gasteiger partial charge < -0.3 is 5.32 Å². The maximum atomic E-state index is 3.34. The average molecular weight is 231 g/mol. The molecule has 2 unspecified atom stereocenters. The van der Waals surface area contributed by atoms with E-state index in [0.717, 1.165) is 5.92 Å². The van der Waals surface area contributed by atoms with Crippen LogP contribution in [0.5, 0.6) is 0 Å². The van der Waals surface area contributed by atoms with Gasteiger partial charge in [-0.25, -0.2) is 0 Å². The van der Waals surface area contributed by atoms with E-state index in [-0.39, 0.29) is 0 Å². The van der Waals surface area contributed by atoms with Gasteiger partial charge in [-0.1, -0.05) is 37.6 Å². The fraction of sp³-hybridized carbons (Fsp3) is 0.625. The Morgan fingerprint density at radius 3 is 2.53 bits per heavy atom. The molecule has 1 nitrogen and oxygen atoms in total. The zero-order valence-electron chi connectivity index (χ0n) is 11.4.